The number of allylic oxidation sites excluding steroid dienone is 1. The first-order valence-corrected chi connectivity index (χ1v) is 7.80. The van der Waals surface area contributed by atoms with E-state index in [1.807, 2.05) is 6.08 Å². The van der Waals surface area contributed by atoms with Crippen LogP contribution in [-0.4, -0.2) is 24.0 Å². The highest BCUT2D eigenvalue weighted by Gasteiger charge is 2.20. The molecule has 2 N–H and O–H groups in total. The SMILES string of the molecule is C=CCCCCCCCCOc1ccc(OB(O)O)c(F)c1F. The summed E-state index contributed by atoms with van der Waals surface area (Å²) in [4.78, 5) is 0. The number of unbranched alkanes of at least 4 members (excludes halogenated alkanes) is 6. The Morgan fingerprint density at radius 2 is 1.52 bits per heavy atom. The largest absolute Gasteiger partial charge is 0.707 e. The van der Waals surface area contributed by atoms with E-state index in [1.54, 1.807) is 0 Å². The van der Waals surface area contributed by atoms with E-state index in [0.29, 0.717) is 6.61 Å². The highest BCUT2D eigenvalue weighted by atomic mass is 19.2. The second-order valence-corrected chi connectivity index (χ2v) is 5.18. The van der Waals surface area contributed by atoms with Crippen LogP contribution in [0.4, 0.5) is 8.78 Å². The topological polar surface area (TPSA) is 58.9 Å². The molecule has 0 aliphatic rings. The van der Waals surface area contributed by atoms with E-state index in [2.05, 4.69) is 11.2 Å². The smallest absolute Gasteiger partial charge is 0.509 e. The van der Waals surface area contributed by atoms with Gasteiger partial charge in [-0.05, 0) is 31.4 Å². The average molecular weight is 328 g/mol. The molecule has 0 heterocycles. The number of benzene rings is 1. The maximum Gasteiger partial charge on any atom is 0.707 e. The lowest BCUT2D eigenvalue weighted by Crippen LogP contribution is -2.21. The minimum absolute atomic E-state index is 0.215. The van der Waals surface area contributed by atoms with Gasteiger partial charge in [0.15, 0.2) is 5.75 Å². The maximum atomic E-state index is 13.7. The van der Waals surface area contributed by atoms with Crippen molar-refractivity contribution in [3.63, 3.8) is 0 Å². The fourth-order valence-corrected chi connectivity index (χ4v) is 2.11. The van der Waals surface area contributed by atoms with Gasteiger partial charge in [-0.15, -0.1) is 6.58 Å². The summed E-state index contributed by atoms with van der Waals surface area (Å²) in [5.41, 5.74) is 0. The summed E-state index contributed by atoms with van der Waals surface area (Å²) in [6, 6.07) is 2.29. The summed E-state index contributed by atoms with van der Waals surface area (Å²) in [7, 11) is -2.21. The van der Waals surface area contributed by atoms with Crippen molar-refractivity contribution in [2.45, 2.75) is 44.9 Å². The van der Waals surface area contributed by atoms with E-state index in [-0.39, 0.29) is 5.75 Å². The van der Waals surface area contributed by atoms with E-state index in [1.165, 1.54) is 12.5 Å². The molecule has 0 aliphatic heterocycles. The molecule has 0 atom stereocenters. The second kappa shape index (κ2) is 11.0. The maximum absolute atomic E-state index is 13.7. The standard InChI is InChI=1S/C16H23BF2O4/c1-2-3-4-5-6-7-8-9-12-22-13-10-11-14(23-17(20)21)16(19)15(13)18/h2,10-11,20-21H,1,3-9,12H2. The summed E-state index contributed by atoms with van der Waals surface area (Å²) in [5, 5.41) is 17.2. The molecule has 0 bridgehead atoms. The van der Waals surface area contributed by atoms with Crippen LogP contribution in [0.3, 0.4) is 0 Å². The van der Waals surface area contributed by atoms with Crippen LogP contribution in [0.25, 0.3) is 0 Å². The molecule has 1 rings (SSSR count). The van der Waals surface area contributed by atoms with E-state index in [9.17, 15) is 8.78 Å². The van der Waals surface area contributed by atoms with Crippen molar-refractivity contribution < 1.29 is 28.2 Å². The van der Waals surface area contributed by atoms with Crippen molar-refractivity contribution in [3.05, 3.63) is 36.4 Å². The minimum atomic E-state index is -2.21. The van der Waals surface area contributed by atoms with Crippen LogP contribution in [0.15, 0.2) is 24.8 Å². The van der Waals surface area contributed by atoms with Gasteiger partial charge >= 0.3 is 7.32 Å². The molecule has 0 fully saturated rings. The molecule has 7 heteroatoms. The van der Waals surface area contributed by atoms with Crippen LogP contribution in [0.5, 0.6) is 11.5 Å². The Morgan fingerprint density at radius 3 is 2.17 bits per heavy atom. The predicted molar refractivity (Wildman–Crippen MR) is 85.2 cm³/mol. The monoisotopic (exact) mass is 328 g/mol. The predicted octanol–water partition coefficient (Wildman–Crippen LogP) is 3.61. The number of hydrogen-bond acceptors (Lipinski definition) is 4. The van der Waals surface area contributed by atoms with Gasteiger partial charge in [-0.2, -0.15) is 8.78 Å². The molecule has 0 spiro atoms. The summed E-state index contributed by atoms with van der Waals surface area (Å²) in [5.74, 6) is -3.30. The van der Waals surface area contributed by atoms with Gasteiger partial charge in [-0.25, -0.2) is 0 Å². The fourth-order valence-electron chi connectivity index (χ4n) is 2.11. The lowest BCUT2D eigenvalue weighted by molar-refractivity contribution is 0.268. The normalized spacial score (nSPS) is 10.4. The molecule has 0 saturated heterocycles. The van der Waals surface area contributed by atoms with Crippen molar-refractivity contribution in [2.75, 3.05) is 6.61 Å². The average Bonchev–Trinajstić information content (AvgIpc) is 2.52. The number of ether oxygens (including phenoxy) is 1. The lowest BCUT2D eigenvalue weighted by Gasteiger charge is -2.11. The molecule has 1 aromatic carbocycles. The molecular weight excluding hydrogens is 305 g/mol. The Balaban J connectivity index is 2.27. The van der Waals surface area contributed by atoms with Gasteiger partial charge in [0.1, 0.15) is 5.75 Å². The number of rotatable bonds is 12. The van der Waals surface area contributed by atoms with Gasteiger partial charge in [0, 0.05) is 0 Å². The Morgan fingerprint density at radius 1 is 0.957 bits per heavy atom. The summed E-state index contributed by atoms with van der Waals surface area (Å²) < 4.78 is 36.8. The fraction of sp³-hybridized carbons (Fsp3) is 0.500. The molecule has 23 heavy (non-hydrogen) atoms. The molecule has 0 unspecified atom stereocenters. The van der Waals surface area contributed by atoms with Crippen molar-refractivity contribution in [3.8, 4) is 11.5 Å². The van der Waals surface area contributed by atoms with Gasteiger partial charge in [-0.1, -0.05) is 31.8 Å². The zero-order chi connectivity index (χ0) is 17.1. The van der Waals surface area contributed by atoms with Gasteiger partial charge in [0.2, 0.25) is 11.6 Å². The molecule has 0 amide bonds. The Hall–Kier alpha value is -1.60. The van der Waals surface area contributed by atoms with Gasteiger partial charge in [0.05, 0.1) is 6.61 Å². The van der Waals surface area contributed by atoms with Crippen molar-refractivity contribution in [1.29, 1.82) is 0 Å². The quantitative estimate of drug-likeness (QED) is 0.350. The molecule has 4 nitrogen and oxygen atoms in total. The van der Waals surface area contributed by atoms with Crippen LogP contribution in [0.1, 0.15) is 44.9 Å². The molecule has 0 aliphatic carbocycles. The number of halogens is 2. The number of hydrogen-bond donors (Lipinski definition) is 2. The Kier molecular flexibility index (Phi) is 9.32. The highest BCUT2D eigenvalue weighted by molar-refractivity contribution is 6.33. The Bertz CT molecular complexity index is 483. The van der Waals surface area contributed by atoms with E-state index in [0.717, 1.165) is 44.6 Å². The summed E-state index contributed by atoms with van der Waals surface area (Å²) >= 11 is 0. The third kappa shape index (κ3) is 7.48. The molecule has 1 aromatic rings. The van der Waals surface area contributed by atoms with Crippen molar-refractivity contribution in [1.82, 2.24) is 0 Å². The van der Waals surface area contributed by atoms with Crippen LogP contribution >= 0.6 is 0 Å². The molecular formula is C16H23BF2O4. The Labute approximate surface area is 135 Å². The minimum Gasteiger partial charge on any atom is -0.509 e. The van der Waals surface area contributed by atoms with Gasteiger partial charge in [-0.3, -0.25) is 0 Å². The van der Waals surface area contributed by atoms with Crippen LogP contribution in [-0.2, 0) is 0 Å². The van der Waals surface area contributed by atoms with Crippen LogP contribution in [0, 0.1) is 11.6 Å². The molecule has 128 valence electrons. The highest BCUT2D eigenvalue weighted by Crippen LogP contribution is 2.27. The summed E-state index contributed by atoms with van der Waals surface area (Å²) in [6.07, 6.45) is 9.24. The first kappa shape index (κ1) is 19.5. The van der Waals surface area contributed by atoms with Crippen LogP contribution < -0.4 is 9.39 Å². The van der Waals surface area contributed by atoms with Crippen LogP contribution in [0.2, 0.25) is 0 Å². The van der Waals surface area contributed by atoms with E-state index in [4.69, 9.17) is 14.8 Å². The first-order chi connectivity index (χ1) is 11.1. The first-order valence-electron chi connectivity index (χ1n) is 7.80. The zero-order valence-electron chi connectivity index (χ0n) is 13.1. The van der Waals surface area contributed by atoms with E-state index >= 15 is 0 Å². The van der Waals surface area contributed by atoms with E-state index < -0.39 is 24.7 Å². The lowest BCUT2D eigenvalue weighted by atomic mass is 10.1. The van der Waals surface area contributed by atoms with Gasteiger partial charge < -0.3 is 19.4 Å². The zero-order valence-corrected chi connectivity index (χ0v) is 13.1. The molecule has 0 saturated carbocycles. The van der Waals surface area contributed by atoms with Crippen molar-refractivity contribution >= 4 is 7.32 Å². The second-order valence-electron chi connectivity index (χ2n) is 5.18. The third-order valence-corrected chi connectivity index (χ3v) is 3.30. The van der Waals surface area contributed by atoms with Crippen molar-refractivity contribution in [2.24, 2.45) is 0 Å². The van der Waals surface area contributed by atoms with Gasteiger partial charge in [0.25, 0.3) is 0 Å². The molecule has 0 aromatic heterocycles. The summed E-state index contributed by atoms with van der Waals surface area (Å²) in [6.45, 7) is 3.97. The third-order valence-electron chi connectivity index (χ3n) is 3.30. The molecule has 0 radical (unpaired) electrons.